The van der Waals surface area contributed by atoms with Crippen LogP contribution in [0.5, 0.6) is 0 Å². The van der Waals surface area contributed by atoms with Gasteiger partial charge in [-0.2, -0.15) is 5.10 Å². The molecular formula is C16H22Cl2IN5. The van der Waals surface area contributed by atoms with E-state index < -0.39 is 0 Å². The maximum atomic E-state index is 6.21. The third-order valence-electron chi connectivity index (χ3n) is 3.54. The second kappa shape index (κ2) is 9.48. The standard InChI is InChI=1S/C16H21Cl2N5.HI/c1-4-15-11(9-23(3)22-15)8-20-16(19)21-10(2)13-6-5-12(17)7-14(13)18;/h5-7,9-10H,4,8H2,1-3H3,(H3,19,20,21);1H. The van der Waals surface area contributed by atoms with Crippen molar-refractivity contribution in [2.75, 3.05) is 0 Å². The van der Waals surface area contributed by atoms with Crippen LogP contribution in [0.4, 0.5) is 0 Å². The highest BCUT2D eigenvalue weighted by atomic mass is 127. The Labute approximate surface area is 169 Å². The van der Waals surface area contributed by atoms with Gasteiger partial charge in [-0.15, -0.1) is 24.0 Å². The molecule has 0 aliphatic rings. The molecule has 2 rings (SSSR count). The van der Waals surface area contributed by atoms with E-state index in [1.54, 1.807) is 16.8 Å². The van der Waals surface area contributed by atoms with Crippen molar-refractivity contribution in [2.45, 2.75) is 32.9 Å². The number of aromatic nitrogens is 2. The van der Waals surface area contributed by atoms with Gasteiger partial charge in [0.05, 0.1) is 18.3 Å². The summed E-state index contributed by atoms with van der Waals surface area (Å²) in [4.78, 5) is 4.39. The third kappa shape index (κ3) is 5.53. The third-order valence-corrected chi connectivity index (χ3v) is 4.10. The van der Waals surface area contributed by atoms with Crippen LogP contribution in [0.3, 0.4) is 0 Å². The minimum absolute atomic E-state index is 0. The summed E-state index contributed by atoms with van der Waals surface area (Å²) in [5, 5.41) is 8.75. The summed E-state index contributed by atoms with van der Waals surface area (Å²) in [5.41, 5.74) is 9.02. The molecule has 1 aromatic heterocycles. The molecule has 132 valence electrons. The van der Waals surface area contributed by atoms with Gasteiger partial charge in [0.15, 0.2) is 5.96 Å². The fourth-order valence-corrected chi connectivity index (χ4v) is 2.95. The predicted octanol–water partition coefficient (Wildman–Crippen LogP) is 4.07. The number of hydrogen-bond acceptors (Lipinski definition) is 2. The predicted molar refractivity (Wildman–Crippen MR) is 111 cm³/mol. The first-order valence-electron chi connectivity index (χ1n) is 7.43. The number of benzene rings is 1. The van der Waals surface area contributed by atoms with E-state index in [1.165, 1.54) is 0 Å². The van der Waals surface area contributed by atoms with E-state index >= 15 is 0 Å². The normalized spacial score (nSPS) is 12.6. The van der Waals surface area contributed by atoms with Crippen LogP contribution in [-0.4, -0.2) is 15.7 Å². The molecule has 0 fully saturated rings. The van der Waals surface area contributed by atoms with Crippen molar-refractivity contribution in [3.63, 3.8) is 0 Å². The van der Waals surface area contributed by atoms with Gasteiger partial charge < -0.3 is 11.1 Å². The molecule has 8 heteroatoms. The largest absolute Gasteiger partial charge is 0.370 e. The number of halogens is 3. The van der Waals surface area contributed by atoms with Gasteiger partial charge in [-0.3, -0.25) is 4.68 Å². The molecule has 3 N–H and O–H groups in total. The van der Waals surface area contributed by atoms with Gasteiger partial charge in [0.2, 0.25) is 0 Å². The zero-order chi connectivity index (χ0) is 17.0. The molecule has 1 heterocycles. The van der Waals surface area contributed by atoms with E-state index in [0.717, 1.165) is 23.2 Å². The quantitative estimate of drug-likeness (QED) is 0.384. The monoisotopic (exact) mass is 481 g/mol. The van der Waals surface area contributed by atoms with Crippen LogP contribution >= 0.6 is 47.2 Å². The lowest BCUT2D eigenvalue weighted by molar-refractivity contribution is 0.707. The molecule has 0 aliphatic carbocycles. The molecule has 0 saturated carbocycles. The van der Waals surface area contributed by atoms with Gasteiger partial charge in [-0.1, -0.05) is 36.2 Å². The molecule has 0 bridgehead atoms. The van der Waals surface area contributed by atoms with Crippen molar-refractivity contribution in [3.05, 3.63) is 51.3 Å². The van der Waals surface area contributed by atoms with Gasteiger partial charge in [0.25, 0.3) is 0 Å². The van der Waals surface area contributed by atoms with E-state index in [9.17, 15) is 0 Å². The zero-order valence-corrected chi connectivity index (χ0v) is 17.7. The number of guanidine groups is 1. The Kier molecular flexibility index (Phi) is 8.32. The number of rotatable bonds is 5. The van der Waals surface area contributed by atoms with E-state index in [2.05, 4.69) is 22.3 Å². The van der Waals surface area contributed by atoms with E-state index in [1.807, 2.05) is 26.2 Å². The number of nitrogens with two attached hydrogens (primary N) is 1. The second-order valence-electron chi connectivity index (χ2n) is 5.36. The van der Waals surface area contributed by atoms with Crippen molar-refractivity contribution in [1.29, 1.82) is 0 Å². The lowest BCUT2D eigenvalue weighted by Crippen LogP contribution is -2.34. The van der Waals surface area contributed by atoms with Gasteiger partial charge in [-0.05, 0) is 31.0 Å². The molecule has 0 spiro atoms. The molecule has 24 heavy (non-hydrogen) atoms. The van der Waals surface area contributed by atoms with Crippen LogP contribution < -0.4 is 11.1 Å². The molecule has 0 radical (unpaired) electrons. The molecule has 1 atom stereocenters. The van der Waals surface area contributed by atoms with Crippen molar-refractivity contribution in [2.24, 2.45) is 17.8 Å². The Hall–Kier alpha value is -0.990. The molecule has 2 aromatic rings. The SMILES string of the molecule is CCc1nn(C)cc1CN=C(N)NC(C)c1ccc(Cl)cc1Cl.I. The Morgan fingerprint density at radius 1 is 1.42 bits per heavy atom. The van der Waals surface area contributed by atoms with Crippen molar-refractivity contribution in [1.82, 2.24) is 15.1 Å². The first kappa shape index (κ1) is 21.1. The average molecular weight is 482 g/mol. The molecule has 0 aliphatic heterocycles. The highest BCUT2D eigenvalue weighted by Gasteiger charge is 2.11. The van der Waals surface area contributed by atoms with Crippen LogP contribution in [0.1, 0.15) is 36.7 Å². The van der Waals surface area contributed by atoms with Crippen LogP contribution in [0.15, 0.2) is 29.4 Å². The number of aliphatic imine (C=N–C) groups is 1. The van der Waals surface area contributed by atoms with Crippen molar-refractivity contribution >= 4 is 53.1 Å². The lowest BCUT2D eigenvalue weighted by Gasteiger charge is -2.16. The average Bonchev–Trinajstić information content (AvgIpc) is 2.85. The van der Waals surface area contributed by atoms with Gasteiger partial charge in [0.1, 0.15) is 0 Å². The Balaban J connectivity index is 0.00000288. The van der Waals surface area contributed by atoms with Crippen LogP contribution in [0.2, 0.25) is 10.0 Å². The molecule has 0 amide bonds. The van der Waals surface area contributed by atoms with Gasteiger partial charge in [0, 0.05) is 28.9 Å². The number of nitrogens with zero attached hydrogens (tertiary/aromatic N) is 3. The summed E-state index contributed by atoms with van der Waals surface area (Å²) >= 11 is 12.1. The smallest absolute Gasteiger partial charge is 0.189 e. The zero-order valence-electron chi connectivity index (χ0n) is 13.9. The van der Waals surface area contributed by atoms with Crippen LogP contribution in [0.25, 0.3) is 0 Å². The molecule has 0 saturated heterocycles. The summed E-state index contributed by atoms with van der Waals surface area (Å²) in [5.74, 6) is 0.370. The minimum Gasteiger partial charge on any atom is -0.370 e. The maximum absolute atomic E-state index is 6.21. The van der Waals surface area contributed by atoms with E-state index in [4.69, 9.17) is 28.9 Å². The first-order valence-corrected chi connectivity index (χ1v) is 8.19. The highest BCUT2D eigenvalue weighted by Crippen LogP contribution is 2.25. The minimum atomic E-state index is -0.0666. The fraction of sp³-hybridized carbons (Fsp3) is 0.375. The Morgan fingerprint density at radius 2 is 2.12 bits per heavy atom. The summed E-state index contributed by atoms with van der Waals surface area (Å²) in [6.45, 7) is 4.54. The van der Waals surface area contributed by atoms with E-state index in [0.29, 0.717) is 22.5 Å². The highest BCUT2D eigenvalue weighted by molar-refractivity contribution is 14.0. The lowest BCUT2D eigenvalue weighted by atomic mass is 10.1. The number of hydrogen-bond donors (Lipinski definition) is 2. The number of nitrogens with one attached hydrogen (secondary N) is 1. The Bertz CT molecular complexity index is 714. The topological polar surface area (TPSA) is 68.2 Å². The summed E-state index contributed by atoms with van der Waals surface area (Å²) in [6.07, 6.45) is 2.84. The van der Waals surface area contributed by atoms with Crippen LogP contribution in [0, 0.1) is 0 Å². The number of aryl methyl sites for hydroxylation is 2. The van der Waals surface area contributed by atoms with Crippen LogP contribution in [-0.2, 0) is 20.0 Å². The van der Waals surface area contributed by atoms with Gasteiger partial charge >= 0.3 is 0 Å². The molecular weight excluding hydrogens is 460 g/mol. The van der Waals surface area contributed by atoms with Crippen molar-refractivity contribution < 1.29 is 0 Å². The van der Waals surface area contributed by atoms with Crippen molar-refractivity contribution in [3.8, 4) is 0 Å². The Morgan fingerprint density at radius 3 is 2.75 bits per heavy atom. The summed E-state index contributed by atoms with van der Waals surface area (Å²) in [7, 11) is 1.90. The first-order chi connectivity index (χ1) is 10.9. The molecule has 1 aromatic carbocycles. The second-order valence-corrected chi connectivity index (χ2v) is 6.21. The fourth-order valence-electron chi connectivity index (χ4n) is 2.38. The molecule has 5 nitrogen and oxygen atoms in total. The van der Waals surface area contributed by atoms with Gasteiger partial charge in [-0.25, -0.2) is 4.99 Å². The maximum Gasteiger partial charge on any atom is 0.189 e. The summed E-state index contributed by atoms with van der Waals surface area (Å²) < 4.78 is 1.80. The van der Waals surface area contributed by atoms with E-state index in [-0.39, 0.29) is 30.0 Å². The molecule has 1 unspecified atom stereocenters. The summed E-state index contributed by atoms with van der Waals surface area (Å²) in [6, 6.07) is 5.33.